The van der Waals surface area contributed by atoms with E-state index in [4.69, 9.17) is 0 Å². The molecule has 0 radical (unpaired) electrons. The summed E-state index contributed by atoms with van der Waals surface area (Å²) < 4.78 is 36.7. The zero-order valence-corrected chi connectivity index (χ0v) is 10.3. The lowest BCUT2D eigenvalue weighted by atomic mass is 10.0. The maximum absolute atomic E-state index is 12.2. The second kappa shape index (κ2) is 5.18. The van der Waals surface area contributed by atoms with Crippen LogP contribution < -0.4 is 5.32 Å². The molecule has 1 aromatic rings. The lowest BCUT2D eigenvalue weighted by Crippen LogP contribution is -2.33. The van der Waals surface area contributed by atoms with Crippen LogP contribution in [0.15, 0.2) is 0 Å². The van der Waals surface area contributed by atoms with E-state index < -0.39 is 16.8 Å². The van der Waals surface area contributed by atoms with Crippen molar-refractivity contribution in [2.45, 2.75) is 38.5 Å². The molecule has 0 aliphatic rings. The van der Waals surface area contributed by atoms with E-state index in [2.05, 4.69) is 15.5 Å². The fourth-order valence-electron chi connectivity index (χ4n) is 1.30. The SMILES string of the molecule is CCCC(C)(O)CNc1nnc(C(F)(F)F)s1. The molecule has 1 rings (SSSR count). The molecule has 0 aliphatic carbocycles. The third kappa shape index (κ3) is 4.47. The highest BCUT2D eigenvalue weighted by Gasteiger charge is 2.35. The topological polar surface area (TPSA) is 58.0 Å². The van der Waals surface area contributed by atoms with Crippen LogP contribution in [0.3, 0.4) is 0 Å². The van der Waals surface area contributed by atoms with Gasteiger partial charge in [0.2, 0.25) is 10.1 Å². The van der Waals surface area contributed by atoms with Crippen molar-refractivity contribution in [1.82, 2.24) is 10.2 Å². The molecule has 0 aliphatic heterocycles. The summed E-state index contributed by atoms with van der Waals surface area (Å²) in [5.74, 6) is 0. The highest BCUT2D eigenvalue weighted by molar-refractivity contribution is 7.15. The van der Waals surface area contributed by atoms with Gasteiger partial charge in [0.1, 0.15) is 0 Å². The Kier molecular flexibility index (Phi) is 4.31. The molecule has 1 atom stereocenters. The highest BCUT2D eigenvalue weighted by atomic mass is 32.1. The number of hydrogen-bond donors (Lipinski definition) is 2. The smallest absolute Gasteiger partial charge is 0.388 e. The summed E-state index contributed by atoms with van der Waals surface area (Å²) in [7, 11) is 0. The lowest BCUT2D eigenvalue weighted by Gasteiger charge is -2.22. The quantitative estimate of drug-likeness (QED) is 0.862. The molecular formula is C9H14F3N3OS. The van der Waals surface area contributed by atoms with Crippen molar-refractivity contribution in [3.8, 4) is 0 Å². The van der Waals surface area contributed by atoms with E-state index in [-0.39, 0.29) is 11.7 Å². The summed E-state index contributed by atoms with van der Waals surface area (Å²) in [5, 5.41) is 17.9. The van der Waals surface area contributed by atoms with Gasteiger partial charge in [-0.15, -0.1) is 10.2 Å². The van der Waals surface area contributed by atoms with Gasteiger partial charge in [-0.25, -0.2) is 0 Å². The number of alkyl halides is 3. The Morgan fingerprint density at radius 2 is 2.00 bits per heavy atom. The van der Waals surface area contributed by atoms with E-state index in [1.54, 1.807) is 6.92 Å². The Morgan fingerprint density at radius 1 is 1.35 bits per heavy atom. The van der Waals surface area contributed by atoms with Gasteiger partial charge in [0.05, 0.1) is 5.60 Å². The molecule has 8 heteroatoms. The number of aliphatic hydroxyl groups is 1. The predicted octanol–water partition coefficient (Wildman–Crippen LogP) is 2.52. The third-order valence-electron chi connectivity index (χ3n) is 2.08. The first-order chi connectivity index (χ1) is 7.74. The van der Waals surface area contributed by atoms with Crippen LogP contribution in [-0.4, -0.2) is 27.4 Å². The van der Waals surface area contributed by atoms with Crippen LogP contribution in [0, 0.1) is 0 Å². The summed E-state index contributed by atoms with van der Waals surface area (Å²) in [4.78, 5) is 0. The van der Waals surface area contributed by atoms with Crippen LogP contribution >= 0.6 is 11.3 Å². The maximum atomic E-state index is 12.2. The molecule has 0 aromatic carbocycles. The molecule has 0 saturated heterocycles. The third-order valence-corrected chi connectivity index (χ3v) is 3.00. The molecule has 0 fully saturated rings. The Hall–Kier alpha value is -0.890. The average molecular weight is 269 g/mol. The highest BCUT2D eigenvalue weighted by Crippen LogP contribution is 2.33. The molecule has 1 heterocycles. The first kappa shape index (κ1) is 14.2. The first-order valence-corrected chi connectivity index (χ1v) is 5.93. The van der Waals surface area contributed by atoms with E-state index in [1.807, 2.05) is 6.92 Å². The van der Waals surface area contributed by atoms with E-state index in [0.29, 0.717) is 17.8 Å². The van der Waals surface area contributed by atoms with Crippen LogP contribution in [0.2, 0.25) is 0 Å². The van der Waals surface area contributed by atoms with Crippen molar-refractivity contribution in [3.63, 3.8) is 0 Å². The van der Waals surface area contributed by atoms with E-state index in [9.17, 15) is 18.3 Å². The minimum Gasteiger partial charge on any atom is -0.388 e. The Balaban J connectivity index is 2.56. The molecular weight excluding hydrogens is 255 g/mol. The maximum Gasteiger partial charge on any atom is 0.445 e. The number of aromatic nitrogens is 2. The molecule has 1 unspecified atom stereocenters. The van der Waals surface area contributed by atoms with Crippen molar-refractivity contribution >= 4 is 16.5 Å². The van der Waals surface area contributed by atoms with Gasteiger partial charge in [-0.2, -0.15) is 13.2 Å². The van der Waals surface area contributed by atoms with E-state index in [0.717, 1.165) is 6.42 Å². The van der Waals surface area contributed by atoms with Crippen molar-refractivity contribution < 1.29 is 18.3 Å². The molecule has 0 bridgehead atoms. The summed E-state index contributed by atoms with van der Waals surface area (Å²) in [6.07, 6.45) is -3.12. The summed E-state index contributed by atoms with van der Waals surface area (Å²) in [5.41, 5.74) is -0.960. The fourth-order valence-corrected chi connectivity index (χ4v) is 1.91. The molecule has 0 saturated carbocycles. The first-order valence-electron chi connectivity index (χ1n) is 5.11. The summed E-state index contributed by atoms with van der Waals surface area (Å²) in [6, 6.07) is 0. The summed E-state index contributed by atoms with van der Waals surface area (Å²) in [6.45, 7) is 3.68. The van der Waals surface area contributed by atoms with Gasteiger partial charge in [-0.3, -0.25) is 0 Å². The van der Waals surface area contributed by atoms with E-state index >= 15 is 0 Å². The number of rotatable bonds is 5. The van der Waals surface area contributed by atoms with Gasteiger partial charge in [0, 0.05) is 6.54 Å². The van der Waals surface area contributed by atoms with Crippen LogP contribution in [-0.2, 0) is 6.18 Å². The monoisotopic (exact) mass is 269 g/mol. The van der Waals surface area contributed by atoms with Gasteiger partial charge in [-0.1, -0.05) is 24.7 Å². The van der Waals surface area contributed by atoms with Crippen molar-refractivity contribution in [1.29, 1.82) is 0 Å². The average Bonchev–Trinajstić information content (AvgIpc) is 2.62. The van der Waals surface area contributed by atoms with Crippen molar-refractivity contribution in [2.75, 3.05) is 11.9 Å². The van der Waals surface area contributed by atoms with Crippen LogP contribution in [0.25, 0.3) is 0 Å². The van der Waals surface area contributed by atoms with Gasteiger partial charge in [0.25, 0.3) is 0 Å². The molecule has 2 N–H and O–H groups in total. The van der Waals surface area contributed by atoms with Crippen LogP contribution in [0.5, 0.6) is 0 Å². The van der Waals surface area contributed by atoms with Gasteiger partial charge in [0.15, 0.2) is 0 Å². The zero-order valence-electron chi connectivity index (χ0n) is 9.51. The fraction of sp³-hybridized carbons (Fsp3) is 0.778. The Bertz CT molecular complexity index is 365. The number of nitrogens with one attached hydrogen (secondary N) is 1. The molecule has 0 amide bonds. The van der Waals surface area contributed by atoms with Gasteiger partial charge < -0.3 is 10.4 Å². The zero-order chi connectivity index (χ0) is 13.1. The largest absolute Gasteiger partial charge is 0.445 e. The number of anilines is 1. The minimum atomic E-state index is -4.47. The van der Waals surface area contributed by atoms with Gasteiger partial charge >= 0.3 is 6.18 Å². The van der Waals surface area contributed by atoms with Gasteiger partial charge in [-0.05, 0) is 13.3 Å². The Morgan fingerprint density at radius 3 is 2.47 bits per heavy atom. The Labute approximate surface area is 101 Å². The standard InChI is InChI=1S/C9H14F3N3OS/c1-3-4-8(2,16)5-13-7-15-14-6(17-7)9(10,11)12/h16H,3-5H2,1-2H3,(H,13,15). The molecule has 4 nitrogen and oxygen atoms in total. The lowest BCUT2D eigenvalue weighted by molar-refractivity contribution is -0.138. The number of halogens is 3. The van der Waals surface area contributed by atoms with Crippen molar-refractivity contribution in [3.05, 3.63) is 5.01 Å². The van der Waals surface area contributed by atoms with Crippen LogP contribution in [0.4, 0.5) is 18.3 Å². The summed E-state index contributed by atoms with van der Waals surface area (Å²) >= 11 is 0.429. The molecule has 98 valence electrons. The molecule has 0 spiro atoms. The van der Waals surface area contributed by atoms with Crippen molar-refractivity contribution in [2.24, 2.45) is 0 Å². The normalized spacial score (nSPS) is 15.6. The minimum absolute atomic E-state index is 0.0636. The predicted molar refractivity (Wildman–Crippen MR) is 58.9 cm³/mol. The molecule has 1 aromatic heterocycles. The molecule has 17 heavy (non-hydrogen) atoms. The second-order valence-corrected chi connectivity index (χ2v) is 4.99. The number of hydrogen-bond acceptors (Lipinski definition) is 5. The van der Waals surface area contributed by atoms with Crippen LogP contribution in [0.1, 0.15) is 31.7 Å². The van der Waals surface area contributed by atoms with E-state index in [1.165, 1.54) is 0 Å². The number of nitrogens with zero attached hydrogens (tertiary/aromatic N) is 2. The second-order valence-electron chi connectivity index (χ2n) is 4.01.